The molecule has 120 valence electrons. The lowest BCUT2D eigenvalue weighted by Crippen LogP contribution is -2.35. The summed E-state index contributed by atoms with van der Waals surface area (Å²) in [5, 5.41) is 16.5. The van der Waals surface area contributed by atoms with Gasteiger partial charge in [-0.1, -0.05) is 19.3 Å². The summed E-state index contributed by atoms with van der Waals surface area (Å²) in [4.78, 5) is 2.54. The summed E-state index contributed by atoms with van der Waals surface area (Å²) < 4.78 is 1.79. The normalized spacial score (nSPS) is 16.7. The highest BCUT2D eigenvalue weighted by Gasteiger charge is 2.17. The number of nitrogens with zero attached hydrogens (tertiary/aromatic N) is 3. The van der Waals surface area contributed by atoms with Crippen molar-refractivity contribution in [2.24, 2.45) is 0 Å². The van der Waals surface area contributed by atoms with Crippen LogP contribution in [0.3, 0.4) is 0 Å². The summed E-state index contributed by atoms with van der Waals surface area (Å²) >= 11 is 0. The molecule has 2 N–H and O–H groups in total. The third kappa shape index (κ3) is 5.77. The van der Waals surface area contributed by atoms with Gasteiger partial charge in [0.05, 0.1) is 19.3 Å². The molecule has 1 aliphatic carbocycles. The van der Waals surface area contributed by atoms with Crippen molar-refractivity contribution in [3.05, 3.63) is 18.0 Å². The Kier molecular flexibility index (Phi) is 7.19. The molecule has 2 rings (SSSR count). The van der Waals surface area contributed by atoms with Gasteiger partial charge in [0.1, 0.15) is 0 Å². The van der Waals surface area contributed by atoms with Crippen LogP contribution in [0.2, 0.25) is 0 Å². The van der Waals surface area contributed by atoms with E-state index in [1.807, 2.05) is 12.4 Å². The smallest absolute Gasteiger partial charge is 0.0640 e. The van der Waals surface area contributed by atoms with Gasteiger partial charge in [-0.05, 0) is 39.4 Å². The van der Waals surface area contributed by atoms with E-state index in [9.17, 15) is 0 Å². The number of aromatic nitrogens is 2. The number of rotatable bonds is 9. The molecule has 1 aromatic heterocycles. The zero-order valence-electron chi connectivity index (χ0n) is 13.3. The van der Waals surface area contributed by atoms with Gasteiger partial charge in [-0.3, -0.25) is 4.68 Å². The second kappa shape index (κ2) is 9.18. The highest BCUT2D eigenvalue weighted by Crippen LogP contribution is 2.21. The molecule has 5 heteroatoms. The van der Waals surface area contributed by atoms with Gasteiger partial charge in [-0.25, -0.2) is 0 Å². The summed E-state index contributed by atoms with van der Waals surface area (Å²) in [7, 11) is 2.27. The van der Waals surface area contributed by atoms with E-state index in [0.29, 0.717) is 6.54 Å². The van der Waals surface area contributed by atoms with Crippen LogP contribution in [0.25, 0.3) is 0 Å². The van der Waals surface area contributed by atoms with Crippen LogP contribution in [0.1, 0.15) is 44.1 Å². The lowest BCUT2D eigenvalue weighted by molar-refractivity contribution is 0.189. The van der Waals surface area contributed by atoms with Gasteiger partial charge in [-0.15, -0.1) is 0 Å². The van der Waals surface area contributed by atoms with Crippen molar-refractivity contribution in [2.45, 2.75) is 57.7 Å². The van der Waals surface area contributed by atoms with E-state index in [0.717, 1.165) is 19.1 Å². The first-order chi connectivity index (χ1) is 10.3. The summed E-state index contributed by atoms with van der Waals surface area (Å²) in [5.41, 5.74) is 1.18. The highest BCUT2D eigenvalue weighted by molar-refractivity contribution is 5.03. The molecule has 1 fully saturated rings. The Morgan fingerprint density at radius 2 is 2.19 bits per heavy atom. The van der Waals surface area contributed by atoms with Crippen LogP contribution in [0.4, 0.5) is 0 Å². The number of aliphatic hydroxyl groups excluding tert-OH is 1. The van der Waals surface area contributed by atoms with E-state index >= 15 is 0 Å². The second-order valence-electron chi connectivity index (χ2n) is 6.14. The molecule has 1 heterocycles. The number of nitrogens with one attached hydrogen (secondary N) is 1. The second-order valence-corrected chi connectivity index (χ2v) is 6.14. The maximum Gasteiger partial charge on any atom is 0.0640 e. The average Bonchev–Trinajstić information content (AvgIpc) is 2.95. The third-order valence-corrected chi connectivity index (χ3v) is 4.41. The van der Waals surface area contributed by atoms with Crippen LogP contribution in [0.5, 0.6) is 0 Å². The largest absolute Gasteiger partial charge is 0.394 e. The minimum atomic E-state index is 0.141. The van der Waals surface area contributed by atoms with E-state index in [1.165, 1.54) is 50.6 Å². The van der Waals surface area contributed by atoms with Gasteiger partial charge in [0.2, 0.25) is 0 Å². The van der Waals surface area contributed by atoms with Crippen LogP contribution in [-0.2, 0) is 13.1 Å². The van der Waals surface area contributed by atoms with Gasteiger partial charge in [0, 0.05) is 24.3 Å². The summed E-state index contributed by atoms with van der Waals surface area (Å²) in [6.07, 6.45) is 12.1. The molecule has 21 heavy (non-hydrogen) atoms. The molecule has 0 unspecified atom stereocenters. The average molecular weight is 294 g/mol. The van der Waals surface area contributed by atoms with E-state index in [-0.39, 0.29) is 6.61 Å². The lowest BCUT2D eigenvalue weighted by atomic mass is 9.94. The quantitative estimate of drug-likeness (QED) is 0.680. The molecule has 0 radical (unpaired) electrons. The van der Waals surface area contributed by atoms with Crippen molar-refractivity contribution in [1.29, 1.82) is 0 Å². The first kappa shape index (κ1) is 16.5. The van der Waals surface area contributed by atoms with Crippen molar-refractivity contribution >= 4 is 0 Å². The zero-order valence-corrected chi connectivity index (χ0v) is 13.3. The molecule has 0 aliphatic heterocycles. The van der Waals surface area contributed by atoms with Gasteiger partial charge in [0.15, 0.2) is 0 Å². The molecule has 0 bridgehead atoms. The molecule has 1 saturated carbocycles. The van der Waals surface area contributed by atoms with E-state index in [2.05, 4.69) is 22.4 Å². The monoisotopic (exact) mass is 294 g/mol. The third-order valence-electron chi connectivity index (χ3n) is 4.41. The zero-order chi connectivity index (χ0) is 14.9. The Balaban J connectivity index is 1.54. The first-order valence-corrected chi connectivity index (χ1v) is 8.33. The molecular formula is C16H30N4O. The molecule has 1 aliphatic rings. The number of aliphatic hydroxyl groups is 1. The van der Waals surface area contributed by atoms with Crippen LogP contribution >= 0.6 is 0 Å². The fraction of sp³-hybridized carbons (Fsp3) is 0.812. The molecule has 1 aromatic rings. The molecule has 0 atom stereocenters. The van der Waals surface area contributed by atoms with Crippen molar-refractivity contribution in [1.82, 2.24) is 20.0 Å². The van der Waals surface area contributed by atoms with Crippen LogP contribution in [0, 0.1) is 0 Å². The van der Waals surface area contributed by atoms with E-state index in [4.69, 9.17) is 5.11 Å². The Morgan fingerprint density at radius 1 is 1.38 bits per heavy atom. The van der Waals surface area contributed by atoms with Crippen molar-refractivity contribution < 1.29 is 5.11 Å². The predicted octanol–water partition coefficient (Wildman–Crippen LogP) is 1.62. The summed E-state index contributed by atoms with van der Waals surface area (Å²) in [6.45, 7) is 3.80. The van der Waals surface area contributed by atoms with Crippen LogP contribution in [-0.4, -0.2) is 52.6 Å². The molecule has 0 spiro atoms. The fourth-order valence-corrected chi connectivity index (χ4v) is 3.11. The number of hydrogen-bond acceptors (Lipinski definition) is 4. The fourth-order valence-electron chi connectivity index (χ4n) is 3.11. The highest BCUT2D eigenvalue weighted by atomic mass is 16.3. The van der Waals surface area contributed by atoms with Crippen LogP contribution < -0.4 is 5.32 Å². The van der Waals surface area contributed by atoms with Crippen LogP contribution in [0.15, 0.2) is 12.4 Å². The van der Waals surface area contributed by atoms with Gasteiger partial charge >= 0.3 is 0 Å². The molecule has 0 aromatic carbocycles. The van der Waals surface area contributed by atoms with Gasteiger partial charge in [0.25, 0.3) is 0 Å². The molecule has 0 amide bonds. The van der Waals surface area contributed by atoms with E-state index < -0.39 is 0 Å². The first-order valence-electron chi connectivity index (χ1n) is 8.33. The SMILES string of the molecule is CN(CCCNCc1cnn(CCO)c1)C1CCCCC1. The maximum absolute atomic E-state index is 8.85. The number of hydrogen-bond donors (Lipinski definition) is 2. The lowest BCUT2D eigenvalue weighted by Gasteiger charge is -2.31. The van der Waals surface area contributed by atoms with Crippen molar-refractivity contribution in [2.75, 3.05) is 26.7 Å². The Labute approximate surface area is 128 Å². The minimum Gasteiger partial charge on any atom is -0.394 e. The Morgan fingerprint density at radius 3 is 2.95 bits per heavy atom. The van der Waals surface area contributed by atoms with Gasteiger partial charge in [-0.2, -0.15) is 5.10 Å². The van der Waals surface area contributed by atoms with Crippen molar-refractivity contribution in [3.63, 3.8) is 0 Å². The summed E-state index contributed by atoms with van der Waals surface area (Å²) in [5.74, 6) is 0. The molecule has 5 nitrogen and oxygen atoms in total. The molecular weight excluding hydrogens is 264 g/mol. The standard InChI is InChI=1S/C16H30N4O/c1-19(16-6-3-2-4-7-16)9-5-8-17-12-15-13-18-20(14-15)10-11-21/h13-14,16-17,21H,2-12H2,1H3. The maximum atomic E-state index is 8.85. The van der Waals surface area contributed by atoms with Gasteiger partial charge < -0.3 is 15.3 Å². The molecule has 0 saturated heterocycles. The minimum absolute atomic E-state index is 0.141. The van der Waals surface area contributed by atoms with E-state index in [1.54, 1.807) is 4.68 Å². The Hall–Kier alpha value is -0.910. The summed E-state index contributed by atoms with van der Waals surface area (Å²) in [6, 6.07) is 0.815. The Bertz CT molecular complexity index is 387. The van der Waals surface area contributed by atoms with Crippen molar-refractivity contribution in [3.8, 4) is 0 Å². The predicted molar refractivity (Wildman–Crippen MR) is 85.1 cm³/mol. The topological polar surface area (TPSA) is 53.3 Å².